The lowest BCUT2D eigenvalue weighted by atomic mass is 10.1. The minimum absolute atomic E-state index is 0.117. The Hall–Kier alpha value is -1.14. The fourth-order valence-corrected chi connectivity index (χ4v) is 3.31. The molecule has 3 heterocycles. The number of cyclic esters (lactones) is 1. The first kappa shape index (κ1) is 12.9. The molecular formula is C13H21N3O3. The number of nitrogens with one attached hydrogen (secondary N) is 1. The predicted molar refractivity (Wildman–Crippen MR) is 68.5 cm³/mol. The van der Waals surface area contributed by atoms with Crippen LogP contribution in [0.25, 0.3) is 0 Å². The van der Waals surface area contributed by atoms with E-state index in [1.54, 1.807) is 0 Å². The number of hydrogen-bond acceptors (Lipinski definition) is 5. The molecule has 3 rings (SSSR count). The Kier molecular flexibility index (Phi) is 3.70. The molecule has 3 aliphatic rings. The van der Waals surface area contributed by atoms with Gasteiger partial charge in [0.25, 0.3) is 0 Å². The summed E-state index contributed by atoms with van der Waals surface area (Å²) in [6.07, 6.45) is 2.59. The summed E-state index contributed by atoms with van der Waals surface area (Å²) in [5.41, 5.74) is 0. The standard InChI is InChI=1S/C13H21N3O3/c17-12(15-7-4-14-5-8-15)10-2-1-6-16(10)11-3-9-19-13(11)18/h10-11,14H,1-9H2. The normalized spacial score (nSPS) is 32.6. The van der Waals surface area contributed by atoms with Crippen LogP contribution in [0.2, 0.25) is 0 Å². The molecule has 2 atom stereocenters. The molecule has 3 aliphatic heterocycles. The largest absolute Gasteiger partial charge is 0.464 e. The van der Waals surface area contributed by atoms with Crippen molar-refractivity contribution in [1.82, 2.24) is 15.1 Å². The summed E-state index contributed by atoms with van der Waals surface area (Å²) in [4.78, 5) is 28.3. The van der Waals surface area contributed by atoms with Gasteiger partial charge < -0.3 is 15.0 Å². The molecule has 0 spiro atoms. The SMILES string of the molecule is O=C1OCCC1N1CCCC1C(=O)N1CCNCC1. The molecule has 0 aromatic heterocycles. The van der Waals surface area contributed by atoms with E-state index >= 15 is 0 Å². The second-order valence-electron chi connectivity index (χ2n) is 5.44. The average molecular weight is 267 g/mol. The van der Waals surface area contributed by atoms with Crippen molar-refractivity contribution in [3.8, 4) is 0 Å². The molecule has 19 heavy (non-hydrogen) atoms. The molecular weight excluding hydrogens is 246 g/mol. The molecule has 106 valence electrons. The molecule has 0 aromatic carbocycles. The third kappa shape index (κ3) is 2.47. The van der Waals surface area contributed by atoms with E-state index in [1.165, 1.54) is 0 Å². The summed E-state index contributed by atoms with van der Waals surface area (Å²) in [7, 11) is 0. The van der Waals surface area contributed by atoms with Crippen molar-refractivity contribution >= 4 is 11.9 Å². The van der Waals surface area contributed by atoms with Gasteiger partial charge in [0.2, 0.25) is 5.91 Å². The quantitative estimate of drug-likeness (QED) is 0.664. The monoisotopic (exact) mass is 267 g/mol. The molecule has 0 bridgehead atoms. The van der Waals surface area contributed by atoms with Crippen LogP contribution in [0.15, 0.2) is 0 Å². The Balaban J connectivity index is 1.68. The highest BCUT2D eigenvalue weighted by Gasteiger charge is 2.42. The minimum Gasteiger partial charge on any atom is -0.464 e. The molecule has 6 nitrogen and oxygen atoms in total. The zero-order chi connectivity index (χ0) is 13.2. The number of ether oxygens (including phenoxy) is 1. The summed E-state index contributed by atoms with van der Waals surface area (Å²) >= 11 is 0. The zero-order valence-corrected chi connectivity index (χ0v) is 11.1. The number of carbonyl (C=O) groups is 2. The first-order valence-corrected chi connectivity index (χ1v) is 7.19. The summed E-state index contributed by atoms with van der Waals surface area (Å²) in [5.74, 6) is 0.0405. The molecule has 0 aliphatic carbocycles. The van der Waals surface area contributed by atoms with Crippen LogP contribution in [0.1, 0.15) is 19.3 Å². The highest BCUT2D eigenvalue weighted by Crippen LogP contribution is 2.26. The lowest BCUT2D eigenvalue weighted by Crippen LogP contribution is -2.54. The van der Waals surface area contributed by atoms with Gasteiger partial charge in [0.1, 0.15) is 6.04 Å². The summed E-state index contributed by atoms with van der Waals surface area (Å²) in [6.45, 7) is 4.61. The van der Waals surface area contributed by atoms with E-state index in [1.807, 2.05) is 4.90 Å². The van der Waals surface area contributed by atoms with E-state index < -0.39 is 0 Å². The van der Waals surface area contributed by atoms with Crippen LogP contribution in [0.5, 0.6) is 0 Å². The summed E-state index contributed by atoms with van der Waals surface area (Å²) in [6, 6.07) is -0.312. The topological polar surface area (TPSA) is 61.9 Å². The fraction of sp³-hybridized carbons (Fsp3) is 0.846. The predicted octanol–water partition coefficient (Wildman–Crippen LogP) is -0.802. The van der Waals surface area contributed by atoms with Gasteiger partial charge in [0, 0.05) is 32.6 Å². The van der Waals surface area contributed by atoms with E-state index in [9.17, 15) is 9.59 Å². The van der Waals surface area contributed by atoms with Crippen LogP contribution >= 0.6 is 0 Å². The third-order valence-electron chi connectivity index (χ3n) is 4.32. The van der Waals surface area contributed by atoms with Gasteiger partial charge in [-0.3, -0.25) is 14.5 Å². The Labute approximate surface area is 113 Å². The van der Waals surface area contributed by atoms with Crippen LogP contribution in [0.4, 0.5) is 0 Å². The van der Waals surface area contributed by atoms with E-state index in [2.05, 4.69) is 10.2 Å². The van der Waals surface area contributed by atoms with Crippen molar-refractivity contribution in [1.29, 1.82) is 0 Å². The molecule has 1 N–H and O–H groups in total. The number of esters is 1. The highest BCUT2D eigenvalue weighted by molar-refractivity contribution is 5.84. The molecule has 1 amide bonds. The lowest BCUT2D eigenvalue weighted by Gasteiger charge is -2.34. The van der Waals surface area contributed by atoms with Gasteiger partial charge in [-0.15, -0.1) is 0 Å². The second-order valence-corrected chi connectivity index (χ2v) is 5.44. The summed E-state index contributed by atoms with van der Waals surface area (Å²) in [5, 5.41) is 3.25. The first-order chi connectivity index (χ1) is 9.27. The number of hydrogen-bond donors (Lipinski definition) is 1. The maximum atomic E-state index is 12.6. The van der Waals surface area contributed by atoms with Crippen molar-refractivity contribution in [2.75, 3.05) is 39.3 Å². The minimum atomic E-state index is -0.195. The number of piperazine rings is 1. The molecule has 0 aromatic rings. The molecule has 2 unspecified atom stereocenters. The number of carbonyl (C=O) groups excluding carboxylic acids is 2. The van der Waals surface area contributed by atoms with Crippen LogP contribution in [-0.2, 0) is 14.3 Å². The molecule has 3 fully saturated rings. The Morgan fingerprint density at radius 3 is 2.68 bits per heavy atom. The van der Waals surface area contributed by atoms with Gasteiger partial charge in [0.05, 0.1) is 12.6 Å². The third-order valence-corrected chi connectivity index (χ3v) is 4.32. The van der Waals surface area contributed by atoms with Gasteiger partial charge in [-0.2, -0.15) is 0 Å². The maximum Gasteiger partial charge on any atom is 0.323 e. The van der Waals surface area contributed by atoms with Crippen molar-refractivity contribution in [3.63, 3.8) is 0 Å². The number of amides is 1. The number of likely N-dealkylation sites (tertiary alicyclic amines) is 1. The van der Waals surface area contributed by atoms with Gasteiger partial charge in [0.15, 0.2) is 0 Å². The van der Waals surface area contributed by atoms with E-state index in [-0.39, 0.29) is 24.0 Å². The van der Waals surface area contributed by atoms with E-state index in [4.69, 9.17) is 4.74 Å². The zero-order valence-electron chi connectivity index (χ0n) is 11.1. The molecule has 0 saturated carbocycles. The highest BCUT2D eigenvalue weighted by atomic mass is 16.5. The molecule has 3 saturated heterocycles. The van der Waals surface area contributed by atoms with Crippen molar-refractivity contribution < 1.29 is 14.3 Å². The first-order valence-electron chi connectivity index (χ1n) is 7.19. The Bertz CT molecular complexity index is 368. The lowest BCUT2D eigenvalue weighted by molar-refractivity contribution is -0.145. The van der Waals surface area contributed by atoms with Crippen LogP contribution in [0, 0.1) is 0 Å². The van der Waals surface area contributed by atoms with Crippen molar-refractivity contribution in [3.05, 3.63) is 0 Å². The van der Waals surface area contributed by atoms with Gasteiger partial charge >= 0.3 is 5.97 Å². The van der Waals surface area contributed by atoms with E-state index in [0.29, 0.717) is 6.61 Å². The van der Waals surface area contributed by atoms with Crippen LogP contribution in [0.3, 0.4) is 0 Å². The number of rotatable bonds is 2. The fourth-order valence-electron chi connectivity index (χ4n) is 3.31. The Morgan fingerprint density at radius 1 is 1.21 bits per heavy atom. The van der Waals surface area contributed by atoms with Gasteiger partial charge in [-0.25, -0.2) is 0 Å². The summed E-state index contributed by atoms with van der Waals surface area (Å²) < 4.78 is 5.04. The maximum absolute atomic E-state index is 12.6. The van der Waals surface area contributed by atoms with Crippen LogP contribution in [-0.4, -0.2) is 73.1 Å². The second kappa shape index (κ2) is 5.46. The van der Waals surface area contributed by atoms with Crippen LogP contribution < -0.4 is 5.32 Å². The molecule has 6 heteroatoms. The molecule has 0 radical (unpaired) electrons. The van der Waals surface area contributed by atoms with Gasteiger partial charge in [-0.05, 0) is 19.4 Å². The van der Waals surface area contributed by atoms with Crippen molar-refractivity contribution in [2.24, 2.45) is 0 Å². The van der Waals surface area contributed by atoms with E-state index in [0.717, 1.165) is 52.0 Å². The average Bonchev–Trinajstić information content (AvgIpc) is 3.07. The smallest absolute Gasteiger partial charge is 0.323 e. The Morgan fingerprint density at radius 2 is 2.00 bits per heavy atom. The number of nitrogens with zero attached hydrogens (tertiary/aromatic N) is 2. The van der Waals surface area contributed by atoms with Gasteiger partial charge in [-0.1, -0.05) is 0 Å². The van der Waals surface area contributed by atoms with Crippen molar-refractivity contribution in [2.45, 2.75) is 31.3 Å².